The third-order valence-corrected chi connectivity index (χ3v) is 3.57. The minimum Gasteiger partial charge on any atom is -0.497 e. The summed E-state index contributed by atoms with van der Waals surface area (Å²) in [6, 6.07) is 5.67. The minimum atomic E-state index is 0.769. The minimum absolute atomic E-state index is 0.769. The van der Waals surface area contributed by atoms with Gasteiger partial charge in [-0.05, 0) is 18.2 Å². The molecule has 0 saturated carbocycles. The van der Waals surface area contributed by atoms with Gasteiger partial charge >= 0.3 is 0 Å². The molecule has 1 aromatic heterocycles. The number of methoxy groups -OCH3 is 1. The molecule has 17 heavy (non-hydrogen) atoms. The molecule has 0 radical (unpaired) electrons. The molecule has 0 spiro atoms. The SMILES string of the molecule is COc1ccc(N)c(SCc2nccn2C)c1. The highest BCUT2D eigenvalue weighted by Gasteiger charge is 2.05. The molecule has 0 unspecified atom stereocenters. The topological polar surface area (TPSA) is 53.1 Å². The first-order valence-electron chi connectivity index (χ1n) is 5.23. The van der Waals surface area contributed by atoms with E-state index >= 15 is 0 Å². The van der Waals surface area contributed by atoms with Crippen LogP contribution in [0.15, 0.2) is 35.5 Å². The summed E-state index contributed by atoms with van der Waals surface area (Å²) in [4.78, 5) is 5.29. The Kier molecular flexibility index (Phi) is 3.58. The fourth-order valence-corrected chi connectivity index (χ4v) is 2.44. The second-order valence-corrected chi connectivity index (χ2v) is 4.66. The Morgan fingerprint density at radius 1 is 1.47 bits per heavy atom. The molecule has 0 fully saturated rings. The lowest BCUT2D eigenvalue weighted by Crippen LogP contribution is -1.96. The molecule has 2 N–H and O–H groups in total. The van der Waals surface area contributed by atoms with Crippen LogP contribution in [0.2, 0.25) is 0 Å². The number of anilines is 1. The Balaban J connectivity index is 2.11. The number of imidazole rings is 1. The van der Waals surface area contributed by atoms with Crippen LogP contribution in [0.1, 0.15) is 5.82 Å². The largest absolute Gasteiger partial charge is 0.497 e. The number of rotatable bonds is 4. The molecule has 1 heterocycles. The van der Waals surface area contributed by atoms with Gasteiger partial charge in [-0.15, -0.1) is 11.8 Å². The number of ether oxygens (including phenoxy) is 1. The van der Waals surface area contributed by atoms with Crippen LogP contribution in [0.25, 0.3) is 0 Å². The number of benzene rings is 1. The Morgan fingerprint density at radius 3 is 2.94 bits per heavy atom. The van der Waals surface area contributed by atoms with E-state index in [9.17, 15) is 0 Å². The summed E-state index contributed by atoms with van der Waals surface area (Å²) in [6.07, 6.45) is 3.73. The van der Waals surface area contributed by atoms with Crippen LogP contribution in [-0.2, 0) is 12.8 Å². The normalized spacial score (nSPS) is 10.5. The predicted octanol–water partition coefficient (Wildman–Crippen LogP) is 2.30. The quantitative estimate of drug-likeness (QED) is 0.667. The Morgan fingerprint density at radius 2 is 2.29 bits per heavy atom. The fraction of sp³-hybridized carbons (Fsp3) is 0.250. The third kappa shape index (κ3) is 2.74. The first kappa shape index (κ1) is 11.9. The zero-order chi connectivity index (χ0) is 12.3. The van der Waals surface area contributed by atoms with Crippen LogP contribution in [-0.4, -0.2) is 16.7 Å². The molecule has 1 aromatic carbocycles. The smallest absolute Gasteiger partial charge is 0.120 e. The first-order valence-corrected chi connectivity index (χ1v) is 6.22. The molecular weight excluding hydrogens is 234 g/mol. The van der Waals surface area contributed by atoms with Crippen molar-refractivity contribution < 1.29 is 4.74 Å². The monoisotopic (exact) mass is 249 g/mol. The number of aromatic nitrogens is 2. The number of thioether (sulfide) groups is 1. The molecule has 90 valence electrons. The maximum absolute atomic E-state index is 5.92. The molecule has 0 atom stereocenters. The van der Waals surface area contributed by atoms with E-state index in [0.717, 1.165) is 27.9 Å². The summed E-state index contributed by atoms with van der Waals surface area (Å²) < 4.78 is 7.18. The van der Waals surface area contributed by atoms with Gasteiger partial charge in [0.05, 0.1) is 12.9 Å². The molecule has 0 saturated heterocycles. The van der Waals surface area contributed by atoms with Crippen molar-refractivity contribution in [3.05, 3.63) is 36.4 Å². The molecule has 0 aliphatic carbocycles. The number of nitrogen functional groups attached to an aromatic ring is 1. The van der Waals surface area contributed by atoms with E-state index in [-0.39, 0.29) is 0 Å². The van der Waals surface area contributed by atoms with Crippen LogP contribution >= 0.6 is 11.8 Å². The van der Waals surface area contributed by atoms with Crippen LogP contribution in [0.4, 0.5) is 5.69 Å². The van der Waals surface area contributed by atoms with Crippen molar-refractivity contribution in [2.45, 2.75) is 10.6 Å². The van der Waals surface area contributed by atoms with E-state index in [1.165, 1.54) is 0 Å². The highest BCUT2D eigenvalue weighted by molar-refractivity contribution is 7.98. The van der Waals surface area contributed by atoms with Crippen LogP contribution in [0, 0.1) is 0 Å². The third-order valence-electron chi connectivity index (χ3n) is 2.50. The predicted molar refractivity (Wildman–Crippen MR) is 70.2 cm³/mol. The summed E-state index contributed by atoms with van der Waals surface area (Å²) in [6.45, 7) is 0. The van der Waals surface area contributed by atoms with Crippen molar-refractivity contribution in [1.29, 1.82) is 0 Å². The summed E-state index contributed by atoms with van der Waals surface area (Å²) in [5, 5.41) is 0. The maximum Gasteiger partial charge on any atom is 0.120 e. The summed E-state index contributed by atoms with van der Waals surface area (Å²) in [5.74, 6) is 2.64. The van der Waals surface area contributed by atoms with E-state index in [1.54, 1.807) is 25.1 Å². The van der Waals surface area contributed by atoms with E-state index in [0.29, 0.717) is 0 Å². The zero-order valence-electron chi connectivity index (χ0n) is 9.88. The van der Waals surface area contributed by atoms with Gasteiger partial charge in [0.2, 0.25) is 0 Å². The van der Waals surface area contributed by atoms with Gasteiger partial charge in [-0.2, -0.15) is 0 Å². The summed E-state index contributed by atoms with van der Waals surface area (Å²) >= 11 is 1.66. The lowest BCUT2D eigenvalue weighted by Gasteiger charge is -2.07. The van der Waals surface area contributed by atoms with Gasteiger partial charge in [0.25, 0.3) is 0 Å². The maximum atomic E-state index is 5.92. The number of nitrogens with two attached hydrogens (primary N) is 1. The average Bonchev–Trinajstić information content (AvgIpc) is 2.74. The molecule has 4 nitrogen and oxygen atoms in total. The van der Waals surface area contributed by atoms with Gasteiger partial charge in [-0.1, -0.05) is 0 Å². The second-order valence-electron chi connectivity index (χ2n) is 3.65. The molecule has 2 aromatic rings. The number of aryl methyl sites for hydroxylation is 1. The van der Waals surface area contributed by atoms with Gasteiger partial charge < -0.3 is 15.0 Å². The first-order chi connectivity index (χ1) is 8.20. The van der Waals surface area contributed by atoms with E-state index in [1.807, 2.05) is 36.0 Å². The molecule has 2 rings (SSSR count). The van der Waals surface area contributed by atoms with Crippen molar-refractivity contribution in [3.63, 3.8) is 0 Å². The van der Waals surface area contributed by atoms with Crippen LogP contribution < -0.4 is 10.5 Å². The number of hydrogen-bond donors (Lipinski definition) is 1. The van der Waals surface area contributed by atoms with Gasteiger partial charge in [-0.3, -0.25) is 0 Å². The van der Waals surface area contributed by atoms with Crippen molar-refractivity contribution in [2.24, 2.45) is 7.05 Å². The lowest BCUT2D eigenvalue weighted by atomic mass is 10.3. The molecule has 0 bridgehead atoms. The van der Waals surface area contributed by atoms with Crippen LogP contribution in [0.5, 0.6) is 5.75 Å². The summed E-state index contributed by atoms with van der Waals surface area (Å²) in [5.41, 5.74) is 6.69. The van der Waals surface area contributed by atoms with Gasteiger partial charge in [0.1, 0.15) is 11.6 Å². The number of nitrogens with zero attached hydrogens (tertiary/aromatic N) is 2. The van der Waals surface area contributed by atoms with Crippen molar-refractivity contribution in [2.75, 3.05) is 12.8 Å². The number of hydrogen-bond acceptors (Lipinski definition) is 4. The Labute approximate surface area is 105 Å². The van der Waals surface area contributed by atoms with Crippen molar-refractivity contribution in [1.82, 2.24) is 9.55 Å². The average molecular weight is 249 g/mol. The Hall–Kier alpha value is -1.62. The fourth-order valence-electron chi connectivity index (χ4n) is 1.44. The molecular formula is C12H15N3OS. The lowest BCUT2D eigenvalue weighted by molar-refractivity contribution is 0.414. The highest BCUT2D eigenvalue weighted by Crippen LogP contribution is 2.30. The van der Waals surface area contributed by atoms with Crippen LogP contribution in [0.3, 0.4) is 0 Å². The highest BCUT2D eigenvalue weighted by atomic mass is 32.2. The van der Waals surface area contributed by atoms with Gasteiger partial charge in [0.15, 0.2) is 0 Å². The van der Waals surface area contributed by atoms with Crippen molar-refractivity contribution >= 4 is 17.4 Å². The molecule has 0 aliphatic rings. The standard InChI is InChI=1S/C12H15N3OS/c1-15-6-5-14-12(15)8-17-11-7-9(16-2)3-4-10(11)13/h3-7H,8,13H2,1-2H3. The van der Waals surface area contributed by atoms with E-state index in [2.05, 4.69) is 4.98 Å². The molecule has 0 amide bonds. The van der Waals surface area contributed by atoms with E-state index < -0.39 is 0 Å². The van der Waals surface area contributed by atoms with Crippen molar-refractivity contribution in [3.8, 4) is 5.75 Å². The summed E-state index contributed by atoms with van der Waals surface area (Å²) in [7, 11) is 3.64. The zero-order valence-corrected chi connectivity index (χ0v) is 10.7. The van der Waals surface area contributed by atoms with Gasteiger partial charge in [-0.25, -0.2) is 4.98 Å². The van der Waals surface area contributed by atoms with E-state index in [4.69, 9.17) is 10.5 Å². The molecule has 5 heteroatoms. The molecule has 0 aliphatic heterocycles. The van der Waals surface area contributed by atoms with Gasteiger partial charge in [0, 0.05) is 30.0 Å². The second kappa shape index (κ2) is 5.14. The Bertz CT molecular complexity index is 510.